The van der Waals surface area contributed by atoms with Gasteiger partial charge in [0.15, 0.2) is 0 Å². The van der Waals surface area contributed by atoms with Crippen LogP contribution in [0.1, 0.15) is 11.7 Å². The molecule has 0 radical (unpaired) electrons. The lowest BCUT2D eigenvalue weighted by Crippen LogP contribution is -2.45. The summed E-state index contributed by atoms with van der Waals surface area (Å²) >= 11 is 0. The van der Waals surface area contributed by atoms with E-state index in [9.17, 15) is 14.7 Å². The van der Waals surface area contributed by atoms with E-state index in [0.29, 0.717) is 26.3 Å². The molecule has 1 unspecified atom stereocenters. The maximum absolute atomic E-state index is 12.0. The molecule has 2 amide bonds. The predicted octanol–water partition coefficient (Wildman–Crippen LogP) is 0.438. The smallest absolute Gasteiger partial charge is 0.309 e. The van der Waals surface area contributed by atoms with Crippen molar-refractivity contribution in [1.82, 2.24) is 15.5 Å². The maximum Gasteiger partial charge on any atom is 0.309 e. The zero-order valence-electron chi connectivity index (χ0n) is 15.2. The van der Waals surface area contributed by atoms with Crippen molar-refractivity contribution >= 4 is 22.6 Å². The molecule has 3 rings (SSSR count). The van der Waals surface area contributed by atoms with Crippen LogP contribution in [0, 0.1) is 0 Å². The highest BCUT2D eigenvalue weighted by Crippen LogP contribution is 2.23. The third-order valence-corrected chi connectivity index (χ3v) is 4.66. The minimum atomic E-state index is -0.888. The first-order valence-corrected chi connectivity index (χ1v) is 9.17. The highest BCUT2D eigenvalue weighted by Gasteiger charge is 2.17. The summed E-state index contributed by atoms with van der Waals surface area (Å²) in [6.45, 7) is 4.11. The summed E-state index contributed by atoms with van der Waals surface area (Å²) in [6.07, 6.45) is -0.888. The third kappa shape index (κ3) is 5.26. The summed E-state index contributed by atoms with van der Waals surface area (Å²) in [5, 5.41) is 17.5. The van der Waals surface area contributed by atoms with Crippen molar-refractivity contribution in [2.75, 3.05) is 45.9 Å². The number of aliphatic hydroxyl groups is 1. The lowest BCUT2D eigenvalue weighted by atomic mass is 10.0. The molecule has 1 atom stereocenters. The van der Waals surface area contributed by atoms with Crippen molar-refractivity contribution in [3.8, 4) is 0 Å². The second-order valence-corrected chi connectivity index (χ2v) is 6.50. The number of hydrogen-bond donors (Lipinski definition) is 3. The normalized spacial score (nSPS) is 16.0. The van der Waals surface area contributed by atoms with Crippen molar-refractivity contribution < 1.29 is 19.4 Å². The number of fused-ring (bicyclic) bond motifs is 1. The number of nitrogens with zero attached hydrogens (tertiary/aromatic N) is 1. The minimum absolute atomic E-state index is 0.0241. The van der Waals surface area contributed by atoms with Crippen LogP contribution in [0.3, 0.4) is 0 Å². The number of benzene rings is 2. The SMILES string of the molecule is O=C(NCCN1CCOCC1)C(=O)NCC(O)c1cccc2ccccc12. The molecule has 3 N–H and O–H groups in total. The van der Waals surface area contributed by atoms with Crippen LogP contribution in [0.5, 0.6) is 0 Å². The van der Waals surface area contributed by atoms with E-state index >= 15 is 0 Å². The fourth-order valence-corrected chi connectivity index (χ4v) is 3.15. The number of amides is 2. The van der Waals surface area contributed by atoms with Crippen molar-refractivity contribution in [2.24, 2.45) is 0 Å². The number of hydrogen-bond acceptors (Lipinski definition) is 5. The van der Waals surface area contributed by atoms with Crippen molar-refractivity contribution in [1.29, 1.82) is 0 Å². The Kier molecular flexibility index (Phi) is 6.75. The number of ether oxygens (including phenoxy) is 1. The first-order chi connectivity index (χ1) is 13.1. The highest BCUT2D eigenvalue weighted by atomic mass is 16.5. The summed E-state index contributed by atoms with van der Waals surface area (Å²) < 4.78 is 5.27. The van der Waals surface area contributed by atoms with Gasteiger partial charge in [0.25, 0.3) is 0 Å². The van der Waals surface area contributed by atoms with Crippen LogP contribution in [0.25, 0.3) is 10.8 Å². The average molecular weight is 371 g/mol. The molecule has 2 aromatic carbocycles. The summed E-state index contributed by atoms with van der Waals surface area (Å²) in [7, 11) is 0. The maximum atomic E-state index is 12.0. The molecule has 2 aromatic rings. The van der Waals surface area contributed by atoms with E-state index in [1.54, 1.807) is 0 Å². The Morgan fingerprint density at radius 2 is 1.74 bits per heavy atom. The molecule has 144 valence electrons. The molecule has 0 saturated carbocycles. The number of rotatable bonds is 6. The Labute approximate surface area is 158 Å². The van der Waals surface area contributed by atoms with Crippen LogP contribution in [0.15, 0.2) is 42.5 Å². The molecule has 27 heavy (non-hydrogen) atoms. The Bertz CT molecular complexity index is 784. The largest absolute Gasteiger partial charge is 0.387 e. The Hall–Kier alpha value is -2.48. The predicted molar refractivity (Wildman–Crippen MR) is 102 cm³/mol. The first kappa shape index (κ1) is 19.3. The van der Waals surface area contributed by atoms with Gasteiger partial charge in [-0.3, -0.25) is 14.5 Å². The van der Waals surface area contributed by atoms with Gasteiger partial charge in [-0.1, -0.05) is 42.5 Å². The molecule has 1 heterocycles. The van der Waals surface area contributed by atoms with Gasteiger partial charge in [-0.05, 0) is 16.3 Å². The quantitative estimate of drug-likeness (QED) is 0.641. The molecule has 0 aromatic heterocycles. The molecule has 1 aliphatic heterocycles. The molecular formula is C20H25N3O4. The summed E-state index contributed by atoms with van der Waals surface area (Å²) in [4.78, 5) is 26.0. The van der Waals surface area contributed by atoms with E-state index in [-0.39, 0.29) is 6.54 Å². The molecule has 0 bridgehead atoms. The third-order valence-electron chi connectivity index (χ3n) is 4.66. The highest BCUT2D eigenvalue weighted by molar-refractivity contribution is 6.35. The van der Waals surface area contributed by atoms with Crippen LogP contribution in [0.2, 0.25) is 0 Å². The van der Waals surface area contributed by atoms with Gasteiger partial charge in [-0.15, -0.1) is 0 Å². The van der Waals surface area contributed by atoms with Crippen LogP contribution in [-0.2, 0) is 14.3 Å². The summed E-state index contributed by atoms with van der Waals surface area (Å²) in [5.74, 6) is -1.43. The van der Waals surface area contributed by atoms with Crippen LogP contribution in [0.4, 0.5) is 0 Å². The number of morpholine rings is 1. The Morgan fingerprint density at radius 1 is 1.04 bits per heavy atom. The van der Waals surface area contributed by atoms with Crippen molar-refractivity contribution in [2.45, 2.75) is 6.10 Å². The molecule has 7 heteroatoms. The summed E-state index contributed by atoms with van der Waals surface area (Å²) in [6, 6.07) is 13.4. The lowest BCUT2D eigenvalue weighted by molar-refractivity contribution is -0.139. The minimum Gasteiger partial charge on any atom is -0.387 e. The topological polar surface area (TPSA) is 90.9 Å². The van der Waals surface area contributed by atoms with Gasteiger partial charge in [-0.25, -0.2) is 0 Å². The number of nitrogens with one attached hydrogen (secondary N) is 2. The first-order valence-electron chi connectivity index (χ1n) is 9.17. The fourth-order valence-electron chi connectivity index (χ4n) is 3.15. The molecule has 0 aliphatic carbocycles. The van der Waals surface area contributed by atoms with Crippen LogP contribution in [-0.4, -0.2) is 67.8 Å². The summed E-state index contributed by atoms with van der Waals surface area (Å²) in [5.41, 5.74) is 0.723. The van der Waals surface area contributed by atoms with E-state index in [1.807, 2.05) is 42.5 Å². The van der Waals surface area contributed by atoms with Gasteiger partial charge in [0.05, 0.1) is 19.3 Å². The standard InChI is InChI=1S/C20H25N3O4/c24-18(17-7-3-5-15-4-1-2-6-16(15)17)14-22-20(26)19(25)21-8-9-23-10-12-27-13-11-23/h1-7,18,24H,8-14H2,(H,21,25)(H,22,26). The Morgan fingerprint density at radius 3 is 2.56 bits per heavy atom. The van der Waals surface area contributed by atoms with Crippen LogP contribution >= 0.6 is 0 Å². The molecule has 7 nitrogen and oxygen atoms in total. The number of carbonyl (C=O) groups excluding carboxylic acids is 2. The number of carbonyl (C=O) groups is 2. The molecule has 1 saturated heterocycles. The molecule has 1 fully saturated rings. The van der Waals surface area contributed by atoms with Crippen molar-refractivity contribution in [3.63, 3.8) is 0 Å². The zero-order chi connectivity index (χ0) is 19.1. The van der Waals surface area contributed by atoms with Crippen LogP contribution < -0.4 is 10.6 Å². The van der Waals surface area contributed by atoms with E-state index in [4.69, 9.17) is 4.74 Å². The van der Waals surface area contributed by atoms with E-state index in [1.165, 1.54) is 0 Å². The zero-order valence-corrected chi connectivity index (χ0v) is 15.2. The molecule has 1 aliphatic rings. The van der Waals surface area contributed by atoms with Gasteiger partial charge < -0.3 is 20.5 Å². The monoisotopic (exact) mass is 371 g/mol. The van der Waals surface area contributed by atoms with E-state index in [0.717, 1.165) is 29.4 Å². The fraction of sp³-hybridized carbons (Fsp3) is 0.400. The average Bonchev–Trinajstić information content (AvgIpc) is 2.72. The second kappa shape index (κ2) is 9.45. The van der Waals surface area contributed by atoms with Gasteiger partial charge >= 0.3 is 11.8 Å². The molecular weight excluding hydrogens is 346 g/mol. The van der Waals surface area contributed by atoms with E-state index in [2.05, 4.69) is 15.5 Å². The Balaban J connectivity index is 1.45. The van der Waals surface area contributed by atoms with E-state index < -0.39 is 17.9 Å². The van der Waals surface area contributed by atoms with Gasteiger partial charge in [-0.2, -0.15) is 0 Å². The lowest BCUT2D eigenvalue weighted by Gasteiger charge is -2.26. The van der Waals surface area contributed by atoms with Gasteiger partial charge in [0, 0.05) is 32.7 Å². The van der Waals surface area contributed by atoms with Gasteiger partial charge in [0.2, 0.25) is 0 Å². The number of aliphatic hydroxyl groups excluding tert-OH is 1. The second-order valence-electron chi connectivity index (χ2n) is 6.50. The van der Waals surface area contributed by atoms with Crippen molar-refractivity contribution in [3.05, 3.63) is 48.0 Å². The van der Waals surface area contributed by atoms with Gasteiger partial charge in [0.1, 0.15) is 0 Å². The molecule has 0 spiro atoms.